The number of amides is 1. The lowest BCUT2D eigenvalue weighted by Gasteiger charge is -2.18. The highest BCUT2D eigenvalue weighted by atomic mass is 16.6. The number of hydrogen-bond acceptors (Lipinski definition) is 3. The van der Waals surface area contributed by atoms with Crippen molar-refractivity contribution in [2.75, 3.05) is 4.90 Å². The average Bonchev–Trinajstić information content (AvgIpc) is 2.85. The van der Waals surface area contributed by atoms with Crippen LogP contribution >= 0.6 is 0 Å². The van der Waals surface area contributed by atoms with E-state index in [2.05, 4.69) is 0 Å². The number of hydrogen-bond donors (Lipinski definition) is 0. The Kier molecular flexibility index (Phi) is 3.74. The van der Waals surface area contributed by atoms with Gasteiger partial charge in [-0.2, -0.15) is 0 Å². The number of esters is 1. The van der Waals surface area contributed by atoms with Gasteiger partial charge < -0.3 is 4.74 Å². The molecule has 1 amide bonds. The molecule has 1 fully saturated rings. The van der Waals surface area contributed by atoms with Crippen molar-refractivity contribution in [2.24, 2.45) is 0 Å². The number of cyclic esters (lactones) is 1. The zero-order valence-corrected chi connectivity index (χ0v) is 12.2. The lowest BCUT2D eigenvalue weighted by Crippen LogP contribution is -2.26. The third-order valence-corrected chi connectivity index (χ3v) is 3.52. The molecule has 2 aromatic rings. The molecule has 0 bridgehead atoms. The van der Waals surface area contributed by atoms with E-state index in [4.69, 9.17) is 4.74 Å². The van der Waals surface area contributed by atoms with E-state index in [-0.39, 0.29) is 0 Å². The fourth-order valence-electron chi connectivity index (χ4n) is 2.49. The van der Waals surface area contributed by atoms with Gasteiger partial charge in [0.2, 0.25) is 5.88 Å². The molecule has 0 atom stereocenters. The van der Waals surface area contributed by atoms with Gasteiger partial charge in [0.05, 0.1) is 5.69 Å². The summed E-state index contributed by atoms with van der Waals surface area (Å²) in [6.07, 6.45) is 0.642. The summed E-state index contributed by atoms with van der Waals surface area (Å²) in [6, 6.07) is 18.7. The van der Waals surface area contributed by atoms with Gasteiger partial charge in [-0.05, 0) is 24.1 Å². The van der Waals surface area contributed by atoms with Crippen molar-refractivity contribution in [1.29, 1.82) is 0 Å². The first-order valence-electron chi connectivity index (χ1n) is 7.12. The van der Waals surface area contributed by atoms with Gasteiger partial charge in [-0.1, -0.05) is 55.5 Å². The molecule has 22 heavy (non-hydrogen) atoms. The minimum Gasteiger partial charge on any atom is -0.401 e. The maximum atomic E-state index is 12.2. The highest BCUT2D eigenvalue weighted by Crippen LogP contribution is 2.32. The summed E-state index contributed by atoms with van der Waals surface area (Å²) in [7, 11) is 0. The second-order valence-corrected chi connectivity index (χ2v) is 4.87. The maximum absolute atomic E-state index is 12.2. The quantitative estimate of drug-likeness (QED) is 0.644. The SMILES string of the molecule is CCC(=C1OC(=O)C(=O)N1c1ccccc1)c1ccccc1. The van der Waals surface area contributed by atoms with Gasteiger partial charge in [0, 0.05) is 5.57 Å². The van der Waals surface area contributed by atoms with E-state index in [0.29, 0.717) is 18.0 Å². The molecule has 3 rings (SSSR count). The molecule has 0 saturated carbocycles. The Balaban J connectivity index is 2.16. The van der Waals surface area contributed by atoms with Gasteiger partial charge in [0.1, 0.15) is 0 Å². The van der Waals surface area contributed by atoms with E-state index >= 15 is 0 Å². The molecule has 1 heterocycles. The van der Waals surface area contributed by atoms with E-state index in [0.717, 1.165) is 11.1 Å². The molecule has 0 N–H and O–H groups in total. The van der Waals surface area contributed by atoms with Crippen LogP contribution in [0.4, 0.5) is 5.69 Å². The predicted octanol–water partition coefficient (Wildman–Crippen LogP) is 3.36. The summed E-state index contributed by atoms with van der Waals surface area (Å²) in [5.41, 5.74) is 2.38. The van der Waals surface area contributed by atoms with Gasteiger partial charge in [0.15, 0.2) is 0 Å². The Morgan fingerprint density at radius 2 is 1.55 bits per heavy atom. The number of carbonyl (C=O) groups is 2. The number of anilines is 1. The minimum absolute atomic E-state index is 0.301. The predicted molar refractivity (Wildman–Crippen MR) is 83.7 cm³/mol. The average molecular weight is 293 g/mol. The van der Waals surface area contributed by atoms with Crippen molar-refractivity contribution < 1.29 is 14.3 Å². The Hall–Kier alpha value is -2.88. The van der Waals surface area contributed by atoms with Crippen molar-refractivity contribution in [3.05, 3.63) is 72.1 Å². The fraction of sp³-hybridized carbons (Fsp3) is 0.111. The van der Waals surface area contributed by atoms with Gasteiger partial charge >= 0.3 is 11.9 Å². The van der Waals surface area contributed by atoms with Crippen LogP contribution in [0.25, 0.3) is 5.57 Å². The first-order chi connectivity index (χ1) is 10.7. The number of nitrogens with zero attached hydrogens (tertiary/aromatic N) is 1. The third-order valence-electron chi connectivity index (χ3n) is 3.52. The van der Waals surface area contributed by atoms with Crippen molar-refractivity contribution in [3.63, 3.8) is 0 Å². The summed E-state index contributed by atoms with van der Waals surface area (Å²) in [4.78, 5) is 25.3. The molecule has 4 nitrogen and oxygen atoms in total. The molecule has 0 aliphatic carbocycles. The van der Waals surface area contributed by atoms with Gasteiger partial charge in [-0.3, -0.25) is 4.79 Å². The smallest absolute Gasteiger partial charge is 0.401 e. The molecule has 0 aromatic heterocycles. The third kappa shape index (κ3) is 2.39. The lowest BCUT2D eigenvalue weighted by atomic mass is 10.0. The van der Waals surface area contributed by atoms with Crippen LogP contribution in [0.2, 0.25) is 0 Å². The number of ether oxygens (including phenoxy) is 1. The van der Waals surface area contributed by atoms with Crippen LogP contribution in [-0.4, -0.2) is 11.9 Å². The van der Waals surface area contributed by atoms with Crippen LogP contribution in [0.1, 0.15) is 18.9 Å². The van der Waals surface area contributed by atoms with Crippen LogP contribution in [0.3, 0.4) is 0 Å². The van der Waals surface area contributed by atoms with Crippen LogP contribution in [0.5, 0.6) is 0 Å². The fourth-order valence-corrected chi connectivity index (χ4v) is 2.49. The molecular weight excluding hydrogens is 278 g/mol. The summed E-state index contributed by atoms with van der Waals surface area (Å²) in [5.74, 6) is -1.21. The van der Waals surface area contributed by atoms with Crippen LogP contribution in [-0.2, 0) is 14.3 Å². The standard InChI is InChI=1S/C18H15NO3/c1-2-15(13-9-5-3-6-10-13)17-19(16(20)18(21)22-17)14-11-7-4-8-12-14/h3-12H,2H2,1H3. The highest BCUT2D eigenvalue weighted by molar-refractivity contribution is 6.41. The Morgan fingerprint density at radius 3 is 2.14 bits per heavy atom. The van der Waals surface area contributed by atoms with Crippen molar-refractivity contribution in [3.8, 4) is 0 Å². The zero-order valence-electron chi connectivity index (χ0n) is 12.2. The van der Waals surface area contributed by atoms with E-state index in [1.165, 1.54) is 4.90 Å². The summed E-state index contributed by atoms with van der Waals surface area (Å²) in [6.45, 7) is 1.97. The van der Waals surface area contributed by atoms with Gasteiger partial charge in [-0.25, -0.2) is 9.69 Å². The van der Waals surface area contributed by atoms with Crippen LogP contribution < -0.4 is 4.90 Å². The molecule has 2 aromatic carbocycles. The first-order valence-corrected chi connectivity index (χ1v) is 7.12. The summed E-state index contributed by atoms with van der Waals surface area (Å²) in [5, 5.41) is 0. The highest BCUT2D eigenvalue weighted by Gasteiger charge is 2.39. The maximum Gasteiger partial charge on any atom is 0.404 e. The normalized spacial score (nSPS) is 16.7. The monoisotopic (exact) mass is 293 g/mol. The number of carbonyl (C=O) groups excluding carboxylic acids is 2. The number of allylic oxidation sites excluding steroid dienone is 1. The first kappa shape index (κ1) is 14.1. The molecular formula is C18H15NO3. The topological polar surface area (TPSA) is 46.6 Å². The van der Waals surface area contributed by atoms with E-state index in [1.54, 1.807) is 12.1 Å². The van der Waals surface area contributed by atoms with Crippen LogP contribution in [0, 0.1) is 0 Å². The molecule has 1 aliphatic heterocycles. The summed E-state index contributed by atoms with van der Waals surface area (Å²) < 4.78 is 5.27. The van der Waals surface area contributed by atoms with Gasteiger partial charge in [0.25, 0.3) is 0 Å². The molecule has 0 radical (unpaired) electrons. The van der Waals surface area contributed by atoms with E-state index in [1.807, 2.05) is 55.5 Å². The van der Waals surface area contributed by atoms with E-state index in [9.17, 15) is 9.59 Å². The minimum atomic E-state index is -0.847. The number of para-hydroxylation sites is 1. The molecule has 1 saturated heterocycles. The lowest BCUT2D eigenvalue weighted by molar-refractivity contribution is -0.145. The van der Waals surface area contributed by atoms with Crippen molar-refractivity contribution >= 4 is 23.1 Å². The van der Waals surface area contributed by atoms with Crippen LogP contribution in [0.15, 0.2) is 66.5 Å². The zero-order chi connectivity index (χ0) is 15.5. The Bertz CT molecular complexity index is 735. The summed E-state index contributed by atoms with van der Waals surface area (Å²) >= 11 is 0. The number of rotatable bonds is 3. The van der Waals surface area contributed by atoms with Crippen molar-refractivity contribution in [1.82, 2.24) is 0 Å². The second kappa shape index (κ2) is 5.85. The van der Waals surface area contributed by atoms with Crippen molar-refractivity contribution in [2.45, 2.75) is 13.3 Å². The molecule has 1 aliphatic rings. The van der Waals surface area contributed by atoms with E-state index < -0.39 is 11.9 Å². The molecule has 4 heteroatoms. The molecule has 110 valence electrons. The largest absolute Gasteiger partial charge is 0.404 e. The molecule has 0 spiro atoms. The second-order valence-electron chi connectivity index (χ2n) is 4.87. The van der Waals surface area contributed by atoms with Gasteiger partial charge in [-0.15, -0.1) is 0 Å². The Labute approximate surface area is 128 Å². The Morgan fingerprint density at radius 1 is 0.955 bits per heavy atom. The molecule has 0 unspecified atom stereocenters. The number of benzene rings is 2.